The lowest BCUT2D eigenvalue weighted by molar-refractivity contribution is -0.118. The minimum Gasteiger partial charge on any atom is -0.350 e. The van der Waals surface area contributed by atoms with E-state index in [0.29, 0.717) is 5.57 Å². The van der Waals surface area contributed by atoms with E-state index in [1.807, 2.05) is 20.8 Å². The highest BCUT2D eigenvalue weighted by molar-refractivity contribution is 5.92. The van der Waals surface area contributed by atoms with Gasteiger partial charge in [0.25, 0.3) is 0 Å². The molecule has 3 nitrogen and oxygen atoms in total. The molecule has 0 aromatic rings. The zero-order chi connectivity index (χ0) is 10.6. The monoisotopic (exact) mass is 184 g/mol. The van der Waals surface area contributed by atoms with Crippen LogP contribution in [0, 0.1) is 0 Å². The smallest absolute Gasteiger partial charge is 0.246 e. The third kappa shape index (κ3) is 6.34. The van der Waals surface area contributed by atoms with Crippen LogP contribution < -0.4 is 11.1 Å². The van der Waals surface area contributed by atoms with Crippen molar-refractivity contribution in [3.8, 4) is 0 Å². The molecule has 0 saturated carbocycles. The lowest BCUT2D eigenvalue weighted by Gasteiger charge is -2.23. The number of nitrogens with two attached hydrogens (primary N) is 1. The highest BCUT2D eigenvalue weighted by Crippen LogP contribution is 2.07. The van der Waals surface area contributed by atoms with E-state index in [1.54, 1.807) is 6.92 Å². The predicted molar refractivity (Wildman–Crippen MR) is 55.3 cm³/mol. The van der Waals surface area contributed by atoms with Gasteiger partial charge in [0.15, 0.2) is 0 Å². The van der Waals surface area contributed by atoms with E-state index < -0.39 is 0 Å². The summed E-state index contributed by atoms with van der Waals surface area (Å²) in [5, 5.41) is 2.82. The zero-order valence-electron chi connectivity index (χ0n) is 8.98. The lowest BCUT2D eigenvalue weighted by Crippen LogP contribution is -2.42. The summed E-state index contributed by atoms with van der Waals surface area (Å²) in [5.74, 6) is -0.100. The highest BCUT2D eigenvalue weighted by Gasteiger charge is 2.16. The summed E-state index contributed by atoms with van der Waals surface area (Å²) in [5.41, 5.74) is 6.10. The molecule has 1 unspecified atom stereocenters. The first-order chi connectivity index (χ1) is 5.72. The Morgan fingerprint density at radius 3 is 2.38 bits per heavy atom. The number of amides is 1. The standard InChI is InChI=1S/C10H20N2O/c1-7(2)9(13)12-8(3)6-10(4,5)11/h8H,1,6,11H2,2-5H3,(H,12,13). The number of hydrogen-bond donors (Lipinski definition) is 2. The van der Waals surface area contributed by atoms with Crippen LogP contribution in [0.25, 0.3) is 0 Å². The molecule has 0 aromatic carbocycles. The Labute approximate surface area is 80.4 Å². The van der Waals surface area contributed by atoms with Crippen LogP contribution in [0.15, 0.2) is 12.2 Å². The van der Waals surface area contributed by atoms with Gasteiger partial charge in [-0.3, -0.25) is 4.79 Å². The fraction of sp³-hybridized carbons (Fsp3) is 0.700. The van der Waals surface area contributed by atoms with Crippen LogP contribution in [0.2, 0.25) is 0 Å². The molecule has 0 bridgehead atoms. The highest BCUT2D eigenvalue weighted by atomic mass is 16.1. The van der Waals surface area contributed by atoms with E-state index in [9.17, 15) is 4.79 Å². The summed E-state index contributed by atoms with van der Waals surface area (Å²) in [4.78, 5) is 11.2. The number of carbonyl (C=O) groups excluding carboxylic acids is 1. The fourth-order valence-corrected chi connectivity index (χ4v) is 1.19. The van der Waals surface area contributed by atoms with E-state index >= 15 is 0 Å². The summed E-state index contributed by atoms with van der Waals surface area (Å²) < 4.78 is 0. The van der Waals surface area contributed by atoms with Crippen LogP contribution in [0.1, 0.15) is 34.1 Å². The van der Waals surface area contributed by atoms with Crippen molar-refractivity contribution in [1.82, 2.24) is 5.32 Å². The molecule has 0 aliphatic carbocycles. The van der Waals surface area contributed by atoms with Gasteiger partial charge >= 0.3 is 0 Å². The molecule has 0 rings (SSSR count). The first kappa shape index (κ1) is 12.2. The number of hydrogen-bond acceptors (Lipinski definition) is 2. The molecule has 0 saturated heterocycles. The Balaban J connectivity index is 3.95. The minimum absolute atomic E-state index is 0.0872. The molecule has 0 aliphatic rings. The van der Waals surface area contributed by atoms with E-state index in [2.05, 4.69) is 11.9 Å². The van der Waals surface area contributed by atoms with Crippen LogP contribution in [-0.4, -0.2) is 17.5 Å². The Bertz CT molecular complexity index is 203. The van der Waals surface area contributed by atoms with Gasteiger partial charge in [0.05, 0.1) is 0 Å². The van der Waals surface area contributed by atoms with E-state index in [-0.39, 0.29) is 17.5 Å². The molecule has 0 fully saturated rings. The molecule has 3 N–H and O–H groups in total. The second kappa shape index (κ2) is 4.42. The quantitative estimate of drug-likeness (QED) is 0.645. The number of rotatable bonds is 4. The van der Waals surface area contributed by atoms with Gasteiger partial charge in [-0.1, -0.05) is 6.58 Å². The minimum atomic E-state index is -0.248. The zero-order valence-corrected chi connectivity index (χ0v) is 8.98. The van der Waals surface area contributed by atoms with Crippen molar-refractivity contribution in [2.75, 3.05) is 0 Å². The second-order valence-electron chi connectivity index (χ2n) is 4.35. The lowest BCUT2D eigenvalue weighted by atomic mass is 9.97. The molecular formula is C10H20N2O. The Kier molecular flexibility index (Phi) is 4.14. The van der Waals surface area contributed by atoms with Crippen molar-refractivity contribution in [3.05, 3.63) is 12.2 Å². The van der Waals surface area contributed by atoms with Gasteiger partial charge in [-0.15, -0.1) is 0 Å². The molecular weight excluding hydrogens is 164 g/mol. The fourth-order valence-electron chi connectivity index (χ4n) is 1.19. The molecule has 13 heavy (non-hydrogen) atoms. The Hall–Kier alpha value is -0.830. The maximum atomic E-state index is 11.2. The van der Waals surface area contributed by atoms with Crippen LogP contribution in [0.5, 0.6) is 0 Å². The topological polar surface area (TPSA) is 55.1 Å². The van der Waals surface area contributed by atoms with Crippen molar-refractivity contribution in [2.24, 2.45) is 5.73 Å². The average Bonchev–Trinajstić information content (AvgIpc) is 1.81. The molecule has 0 heterocycles. The maximum Gasteiger partial charge on any atom is 0.246 e. The normalized spacial score (nSPS) is 13.6. The van der Waals surface area contributed by atoms with Crippen molar-refractivity contribution in [1.29, 1.82) is 0 Å². The molecule has 0 aliphatic heterocycles. The summed E-state index contributed by atoms with van der Waals surface area (Å²) in [6.07, 6.45) is 0.756. The molecule has 3 heteroatoms. The van der Waals surface area contributed by atoms with Crippen LogP contribution in [0.4, 0.5) is 0 Å². The van der Waals surface area contributed by atoms with Crippen LogP contribution in [0.3, 0.4) is 0 Å². The van der Waals surface area contributed by atoms with Gasteiger partial charge in [-0.2, -0.15) is 0 Å². The van der Waals surface area contributed by atoms with Gasteiger partial charge in [0.2, 0.25) is 5.91 Å². The van der Waals surface area contributed by atoms with Crippen molar-refractivity contribution >= 4 is 5.91 Å². The summed E-state index contributed by atoms with van der Waals surface area (Å²) >= 11 is 0. The van der Waals surface area contributed by atoms with Gasteiger partial charge in [0, 0.05) is 17.2 Å². The van der Waals surface area contributed by atoms with Gasteiger partial charge < -0.3 is 11.1 Å². The first-order valence-electron chi connectivity index (χ1n) is 4.47. The Morgan fingerprint density at radius 1 is 1.62 bits per heavy atom. The van der Waals surface area contributed by atoms with E-state index in [1.165, 1.54) is 0 Å². The molecule has 76 valence electrons. The van der Waals surface area contributed by atoms with Crippen molar-refractivity contribution < 1.29 is 4.79 Å². The van der Waals surface area contributed by atoms with Gasteiger partial charge in [-0.05, 0) is 34.1 Å². The molecule has 1 amide bonds. The third-order valence-corrected chi connectivity index (χ3v) is 1.60. The molecule has 0 radical (unpaired) electrons. The summed E-state index contributed by atoms with van der Waals surface area (Å²) in [6, 6.07) is 0.0872. The predicted octanol–water partition coefficient (Wildman–Crippen LogP) is 1.19. The number of nitrogens with one attached hydrogen (secondary N) is 1. The number of carbonyl (C=O) groups is 1. The molecule has 1 atom stereocenters. The largest absolute Gasteiger partial charge is 0.350 e. The van der Waals surface area contributed by atoms with E-state index in [4.69, 9.17) is 5.73 Å². The molecule has 0 spiro atoms. The van der Waals surface area contributed by atoms with Gasteiger partial charge in [-0.25, -0.2) is 0 Å². The molecule has 0 aromatic heterocycles. The van der Waals surface area contributed by atoms with Crippen molar-refractivity contribution in [3.63, 3.8) is 0 Å². The van der Waals surface area contributed by atoms with Crippen LogP contribution in [-0.2, 0) is 4.79 Å². The summed E-state index contributed by atoms with van der Waals surface area (Å²) in [7, 11) is 0. The van der Waals surface area contributed by atoms with Gasteiger partial charge in [0.1, 0.15) is 0 Å². The second-order valence-corrected chi connectivity index (χ2v) is 4.35. The van der Waals surface area contributed by atoms with Crippen molar-refractivity contribution in [2.45, 2.75) is 45.7 Å². The average molecular weight is 184 g/mol. The summed E-state index contributed by atoms with van der Waals surface area (Å²) in [6.45, 7) is 11.1. The third-order valence-electron chi connectivity index (χ3n) is 1.60. The SMILES string of the molecule is C=C(C)C(=O)NC(C)CC(C)(C)N. The first-order valence-corrected chi connectivity index (χ1v) is 4.47. The Morgan fingerprint density at radius 2 is 2.08 bits per heavy atom. The van der Waals surface area contributed by atoms with Crippen LogP contribution >= 0.6 is 0 Å². The maximum absolute atomic E-state index is 11.2. The van der Waals surface area contributed by atoms with E-state index in [0.717, 1.165) is 6.42 Å².